The van der Waals surface area contributed by atoms with Gasteiger partial charge < -0.3 is 10.6 Å². The van der Waals surface area contributed by atoms with Crippen molar-refractivity contribution in [2.45, 2.75) is 0 Å². The Morgan fingerprint density at radius 3 is 2.46 bits per heavy atom. The average molecular weight is 427 g/mol. The first-order valence-electron chi connectivity index (χ1n) is 7.80. The summed E-state index contributed by atoms with van der Waals surface area (Å²) in [5.41, 5.74) is 1.30. The fraction of sp³-hybridized carbons (Fsp3) is 0. The Bertz CT molecular complexity index is 937. The van der Waals surface area contributed by atoms with Gasteiger partial charge >= 0.3 is 0 Å². The quantitative estimate of drug-likeness (QED) is 0.568. The van der Waals surface area contributed by atoms with Crippen LogP contribution in [0.15, 0.2) is 82.3 Å². The smallest absolute Gasteiger partial charge is 0.272 e. The molecule has 0 aliphatic rings. The molecule has 6 heteroatoms. The molecule has 26 heavy (non-hydrogen) atoms. The lowest BCUT2D eigenvalue weighted by Crippen LogP contribution is -2.30. The van der Waals surface area contributed by atoms with E-state index in [1.165, 1.54) is 11.3 Å². The first-order chi connectivity index (χ1) is 12.6. The predicted molar refractivity (Wildman–Crippen MR) is 109 cm³/mol. The van der Waals surface area contributed by atoms with Crippen molar-refractivity contribution in [3.8, 4) is 0 Å². The van der Waals surface area contributed by atoms with Gasteiger partial charge in [0.15, 0.2) is 0 Å². The van der Waals surface area contributed by atoms with Crippen LogP contribution >= 0.6 is 27.3 Å². The monoisotopic (exact) mass is 426 g/mol. The standard InChI is InChI=1S/C20H15BrN2O2S/c21-15-8-4-9-16(12-15)22-20(25)18(13-17-10-5-11-26-17)23-19(24)14-6-2-1-3-7-14/h1-13H,(H,22,25)(H,23,24)/b18-13+. The van der Waals surface area contributed by atoms with E-state index < -0.39 is 0 Å². The number of carbonyl (C=O) groups is 2. The van der Waals surface area contributed by atoms with Crippen molar-refractivity contribution in [2.75, 3.05) is 5.32 Å². The minimum Gasteiger partial charge on any atom is -0.321 e. The lowest BCUT2D eigenvalue weighted by atomic mass is 10.2. The summed E-state index contributed by atoms with van der Waals surface area (Å²) in [6, 6.07) is 19.8. The minimum atomic E-state index is -0.388. The first-order valence-corrected chi connectivity index (χ1v) is 9.47. The van der Waals surface area contributed by atoms with E-state index in [1.54, 1.807) is 42.5 Å². The number of halogens is 1. The first kappa shape index (κ1) is 18.1. The van der Waals surface area contributed by atoms with Crippen molar-refractivity contribution in [3.05, 3.63) is 92.7 Å². The molecule has 0 bridgehead atoms. The third-order valence-corrected chi connectivity index (χ3v) is 4.75. The maximum Gasteiger partial charge on any atom is 0.272 e. The van der Waals surface area contributed by atoms with E-state index in [0.717, 1.165) is 9.35 Å². The molecule has 2 amide bonds. The van der Waals surface area contributed by atoms with E-state index in [4.69, 9.17) is 0 Å². The Labute approximate surface area is 163 Å². The number of rotatable bonds is 5. The summed E-state index contributed by atoms with van der Waals surface area (Å²) in [6.07, 6.45) is 1.67. The second-order valence-corrected chi connectivity index (χ2v) is 7.25. The number of hydrogen-bond acceptors (Lipinski definition) is 3. The van der Waals surface area contributed by atoms with Crippen LogP contribution in [-0.4, -0.2) is 11.8 Å². The van der Waals surface area contributed by atoms with Crippen LogP contribution in [-0.2, 0) is 4.79 Å². The molecule has 4 nitrogen and oxygen atoms in total. The lowest BCUT2D eigenvalue weighted by molar-refractivity contribution is -0.113. The fourth-order valence-corrected chi connectivity index (χ4v) is 3.28. The van der Waals surface area contributed by atoms with Crippen LogP contribution in [0.2, 0.25) is 0 Å². The zero-order valence-electron chi connectivity index (χ0n) is 13.6. The minimum absolute atomic E-state index is 0.182. The SMILES string of the molecule is O=C(Nc1cccc(Br)c1)/C(=C\c1cccs1)NC(=O)c1ccccc1. The van der Waals surface area contributed by atoms with E-state index in [0.29, 0.717) is 11.3 Å². The molecule has 0 spiro atoms. The molecule has 2 aromatic carbocycles. The highest BCUT2D eigenvalue weighted by atomic mass is 79.9. The van der Waals surface area contributed by atoms with Crippen LogP contribution in [0.3, 0.4) is 0 Å². The van der Waals surface area contributed by atoms with Crippen molar-refractivity contribution >= 4 is 50.8 Å². The number of anilines is 1. The Balaban J connectivity index is 1.83. The van der Waals surface area contributed by atoms with Crippen molar-refractivity contribution in [1.82, 2.24) is 5.32 Å². The van der Waals surface area contributed by atoms with Gasteiger partial charge in [-0.05, 0) is 47.9 Å². The molecule has 1 heterocycles. The molecule has 1 aromatic heterocycles. The zero-order chi connectivity index (χ0) is 18.4. The van der Waals surface area contributed by atoms with Gasteiger partial charge in [0.25, 0.3) is 11.8 Å². The summed E-state index contributed by atoms with van der Waals surface area (Å²) in [5.74, 6) is -0.724. The van der Waals surface area contributed by atoms with Gasteiger partial charge in [-0.1, -0.05) is 46.3 Å². The van der Waals surface area contributed by atoms with Gasteiger partial charge in [-0.15, -0.1) is 11.3 Å². The van der Waals surface area contributed by atoms with E-state index in [-0.39, 0.29) is 17.5 Å². The van der Waals surface area contributed by atoms with Crippen LogP contribution in [0.25, 0.3) is 6.08 Å². The summed E-state index contributed by atoms with van der Waals surface area (Å²) >= 11 is 4.86. The van der Waals surface area contributed by atoms with Crippen LogP contribution in [0.4, 0.5) is 5.69 Å². The Hall–Kier alpha value is -2.70. The van der Waals surface area contributed by atoms with Gasteiger partial charge in [0.2, 0.25) is 0 Å². The molecule has 0 fully saturated rings. The topological polar surface area (TPSA) is 58.2 Å². The molecule has 0 aliphatic heterocycles. The third kappa shape index (κ3) is 4.91. The van der Waals surface area contributed by atoms with E-state index in [1.807, 2.05) is 35.7 Å². The molecule has 0 unspecified atom stereocenters. The third-order valence-electron chi connectivity index (χ3n) is 3.44. The highest BCUT2D eigenvalue weighted by Crippen LogP contribution is 2.18. The van der Waals surface area contributed by atoms with Gasteiger partial charge in [0, 0.05) is 20.6 Å². The molecule has 0 radical (unpaired) electrons. The maximum atomic E-state index is 12.7. The largest absolute Gasteiger partial charge is 0.321 e. The molecular formula is C20H15BrN2O2S. The predicted octanol–water partition coefficient (Wildman–Crippen LogP) is 4.92. The number of nitrogens with one attached hydrogen (secondary N) is 2. The van der Waals surface area contributed by atoms with Crippen LogP contribution < -0.4 is 10.6 Å². The summed E-state index contributed by atoms with van der Waals surface area (Å²) in [4.78, 5) is 26.0. The Morgan fingerprint density at radius 2 is 1.77 bits per heavy atom. The number of thiophene rings is 1. The average Bonchev–Trinajstić information content (AvgIpc) is 3.15. The number of carbonyl (C=O) groups excluding carboxylic acids is 2. The van der Waals surface area contributed by atoms with Gasteiger partial charge in [-0.2, -0.15) is 0 Å². The molecular weight excluding hydrogens is 412 g/mol. The van der Waals surface area contributed by atoms with Gasteiger partial charge in [-0.3, -0.25) is 9.59 Å². The maximum absolute atomic E-state index is 12.7. The highest BCUT2D eigenvalue weighted by molar-refractivity contribution is 9.10. The highest BCUT2D eigenvalue weighted by Gasteiger charge is 2.15. The van der Waals surface area contributed by atoms with Crippen molar-refractivity contribution in [3.63, 3.8) is 0 Å². The summed E-state index contributed by atoms with van der Waals surface area (Å²) in [5, 5.41) is 7.43. The Morgan fingerprint density at radius 1 is 0.962 bits per heavy atom. The van der Waals surface area contributed by atoms with Crippen molar-refractivity contribution in [2.24, 2.45) is 0 Å². The molecule has 2 N–H and O–H groups in total. The van der Waals surface area contributed by atoms with Crippen LogP contribution in [0.1, 0.15) is 15.2 Å². The summed E-state index contributed by atoms with van der Waals surface area (Å²) < 4.78 is 0.854. The summed E-state index contributed by atoms with van der Waals surface area (Å²) in [7, 11) is 0. The second-order valence-electron chi connectivity index (χ2n) is 5.36. The van der Waals surface area contributed by atoms with E-state index in [9.17, 15) is 9.59 Å². The van der Waals surface area contributed by atoms with Crippen LogP contribution in [0, 0.1) is 0 Å². The van der Waals surface area contributed by atoms with E-state index in [2.05, 4.69) is 26.6 Å². The number of amides is 2. The normalized spacial score (nSPS) is 11.0. The van der Waals surface area contributed by atoms with Gasteiger partial charge in [0.05, 0.1) is 0 Å². The van der Waals surface area contributed by atoms with Crippen LogP contribution in [0.5, 0.6) is 0 Å². The van der Waals surface area contributed by atoms with Gasteiger partial charge in [-0.25, -0.2) is 0 Å². The second kappa shape index (κ2) is 8.60. The van der Waals surface area contributed by atoms with Gasteiger partial charge in [0.1, 0.15) is 5.70 Å². The molecule has 0 atom stereocenters. The molecule has 3 rings (SSSR count). The molecule has 0 aliphatic carbocycles. The number of benzene rings is 2. The fourth-order valence-electron chi connectivity index (χ4n) is 2.22. The molecule has 0 saturated carbocycles. The van der Waals surface area contributed by atoms with E-state index >= 15 is 0 Å². The number of hydrogen-bond donors (Lipinski definition) is 2. The molecule has 3 aromatic rings. The Kier molecular flexibility index (Phi) is 5.99. The van der Waals surface area contributed by atoms with Crippen molar-refractivity contribution < 1.29 is 9.59 Å². The summed E-state index contributed by atoms with van der Waals surface area (Å²) in [6.45, 7) is 0. The van der Waals surface area contributed by atoms with Crippen molar-refractivity contribution in [1.29, 1.82) is 0 Å². The lowest BCUT2D eigenvalue weighted by Gasteiger charge is -2.11. The zero-order valence-corrected chi connectivity index (χ0v) is 16.0. The molecule has 130 valence electrons. The molecule has 0 saturated heterocycles.